The number of nitrogens with zero attached hydrogens (tertiary/aromatic N) is 1. The van der Waals surface area contributed by atoms with Crippen LogP contribution >= 0.6 is 0 Å². The molecule has 0 aliphatic rings. The lowest BCUT2D eigenvalue weighted by molar-refractivity contribution is 0.244. The highest BCUT2D eigenvalue weighted by molar-refractivity contribution is 5.74. The first-order valence-corrected chi connectivity index (χ1v) is 4.81. The minimum Gasteiger partial charge on any atom is -0.438 e. The smallest absolute Gasteiger partial charge is 0.221 e. The molecule has 0 fully saturated rings. The molecule has 15 heavy (non-hydrogen) atoms. The summed E-state index contributed by atoms with van der Waals surface area (Å²) in [4.78, 5) is 3.84. The van der Waals surface area contributed by atoms with E-state index in [2.05, 4.69) is 4.98 Å². The van der Waals surface area contributed by atoms with Crippen LogP contribution in [-0.4, -0.2) is 10.1 Å². The molecule has 2 rings (SSSR count). The van der Waals surface area contributed by atoms with Gasteiger partial charge in [0, 0.05) is 0 Å². The van der Waals surface area contributed by atoms with Crippen LogP contribution in [0, 0.1) is 5.82 Å². The molecule has 2 aromatic rings. The van der Waals surface area contributed by atoms with Gasteiger partial charge >= 0.3 is 0 Å². The van der Waals surface area contributed by atoms with Crippen LogP contribution in [0.1, 0.15) is 31.2 Å². The maximum absolute atomic E-state index is 13.6. The van der Waals surface area contributed by atoms with E-state index in [1.54, 1.807) is 6.07 Å². The van der Waals surface area contributed by atoms with Gasteiger partial charge in [-0.05, 0) is 23.6 Å². The summed E-state index contributed by atoms with van der Waals surface area (Å²) < 4.78 is 18.7. The molecule has 0 spiro atoms. The van der Waals surface area contributed by atoms with Crippen LogP contribution in [0.3, 0.4) is 0 Å². The summed E-state index contributed by atoms with van der Waals surface area (Å²) in [6.45, 7) is 3.64. The predicted molar refractivity (Wildman–Crippen MR) is 54.0 cm³/mol. The molecule has 0 atom stereocenters. The molecule has 0 aliphatic carbocycles. The molecule has 0 bridgehead atoms. The minimum atomic E-state index is -0.403. The second kappa shape index (κ2) is 3.62. The average molecular weight is 209 g/mol. The first-order valence-electron chi connectivity index (χ1n) is 4.81. The number of fused-ring (bicyclic) bond motifs is 1. The molecule has 0 amide bonds. The molecule has 0 aliphatic heterocycles. The highest BCUT2D eigenvalue weighted by Crippen LogP contribution is 2.24. The summed E-state index contributed by atoms with van der Waals surface area (Å²) in [5, 5.41) is 8.83. The molecule has 1 aromatic heterocycles. The average Bonchev–Trinajstić information content (AvgIpc) is 2.61. The van der Waals surface area contributed by atoms with Crippen molar-refractivity contribution in [3.8, 4) is 0 Å². The minimum absolute atomic E-state index is 0.143. The first kappa shape index (κ1) is 10.1. The lowest BCUT2D eigenvalue weighted by atomic mass is 10.0. The van der Waals surface area contributed by atoms with E-state index >= 15 is 0 Å². The van der Waals surface area contributed by atoms with Gasteiger partial charge in [-0.15, -0.1) is 0 Å². The Bertz CT molecular complexity index is 491. The lowest BCUT2D eigenvalue weighted by Gasteiger charge is -2.04. The van der Waals surface area contributed by atoms with Gasteiger partial charge in [-0.3, -0.25) is 0 Å². The van der Waals surface area contributed by atoms with Gasteiger partial charge in [0.25, 0.3) is 0 Å². The third-order valence-electron chi connectivity index (χ3n) is 2.32. The zero-order valence-electron chi connectivity index (χ0n) is 8.62. The Hall–Kier alpha value is -1.42. The molecule has 0 radical (unpaired) electrons. The molecule has 0 saturated carbocycles. The van der Waals surface area contributed by atoms with Gasteiger partial charge in [-0.1, -0.05) is 13.8 Å². The lowest BCUT2D eigenvalue weighted by Crippen LogP contribution is -1.89. The number of aromatic nitrogens is 1. The Kier molecular flexibility index (Phi) is 2.44. The SMILES string of the molecule is CC(C)c1cc(F)c2nc(CO)oc2c1. The third-order valence-corrected chi connectivity index (χ3v) is 2.32. The number of benzene rings is 1. The number of aliphatic hydroxyl groups is 1. The van der Waals surface area contributed by atoms with Gasteiger partial charge < -0.3 is 9.52 Å². The molecule has 1 aromatic carbocycles. The van der Waals surface area contributed by atoms with Gasteiger partial charge in [0.2, 0.25) is 5.89 Å². The summed E-state index contributed by atoms with van der Waals surface area (Å²) in [6.07, 6.45) is 0. The fourth-order valence-corrected chi connectivity index (χ4v) is 1.46. The third kappa shape index (κ3) is 1.72. The Morgan fingerprint density at radius 3 is 2.80 bits per heavy atom. The Morgan fingerprint density at radius 2 is 2.20 bits per heavy atom. The van der Waals surface area contributed by atoms with Crippen LogP contribution in [0.2, 0.25) is 0 Å². The molecule has 1 heterocycles. The normalized spacial score (nSPS) is 11.5. The van der Waals surface area contributed by atoms with Crippen LogP contribution in [0.15, 0.2) is 16.5 Å². The maximum Gasteiger partial charge on any atom is 0.221 e. The van der Waals surface area contributed by atoms with Crippen molar-refractivity contribution in [2.24, 2.45) is 0 Å². The maximum atomic E-state index is 13.6. The molecular weight excluding hydrogens is 197 g/mol. The second-order valence-corrected chi connectivity index (χ2v) is 3.77. The fourth-order valence-electron chi connectivity index (χ4n) is 1.46. The van der Waals surface area contributed by atoms with Gasteiger partial charge in [-0.25, -0.2) is 9.37 Å². The predicted octanol–water partition coefficient (Wildman–Crippen LogP) is 2.58. The zero-order valence-corrected chi connectivity index (χ0v) is 8.62. The van der Waals surface area contributed by atoms with Crippen LogP contribution < -0.4 is 0 Å². The monoisotopic (exact) mass is 209 g/mol. The van der Waals surface area contributed by atoms with Crippen LogP contribution in [-0.2, 0) is 6.61 Å². The van der Waals surface area contributed by atoms with Gasteiger partial charge in [0.1, 0.15) is 12.1 Å². The highest BCUT2D eigenvalue weighted by atomic mass is 19.1. The Morgan fingerprint density at radius 1 is 1.47 bits per heavy atom. The van der Waals surface area contributed by atoms with Crippen molar-refractivity contribution in [2.75, 3.05) is 0 Å². The number of hydrogen-bond donors (Lipinski definition) is 1. The molecule has 0 saturated heterocycles. The van der Waals surface area contributed by atoms with Crippen LogP contribution in [0.4, 0.5) is 4.39 Å². The Labute approximate surface area is 86.5 Å². The van der Waals surface area contributed by atoms with Crippen molar-refractivity contribution in [3.63, 3.8) is 0 Å². The molecule has 4 heteroatoms. The van der Waals surface area contributed by atoms with Gasteiger partial charge in [-0.2, -0.15) is 0 Å². The molecule has 0 unspecified atom stereocenters. The summed E-state index contributed by atoms with van der Waals surface area (Å²) in [5.41, 5.74) is 1.44. The van der Waals surface area contributed by atoms with Crippen molar-refractivity contribution in [2.45, 2.75) is 26.4 Å². The van der Waals surface area contributed by atoms with E-state index in [1.165, 1.54) is 6.07 Å². The summed E-state index contributed by atoms with van der Waals surface area (Å²) in [5.74, 6) is -0.0315. The van der Waals surface area contributed by atoms with E-state index in [4.69, 9.17) is 9.52 Å². The van der Waals surface area contributed by atoms with E-state index in [0.29, 0.717) is 5.58 Å². The van der Waals surface area contributed by atoms with E-state index in [9.17, 15) is 4.39 Å². The number of oxazole rings is 1. The van der Waals surface area contributed by atoms with Crippen molar-refractivity contribution < 1.29 is 13.9 Å². The first-order chi connectivity index (χ1) is 7.11. The molecule has 80 valence electrons. The summed E-state index contributed by atoms with van der Waals surface area (Å²) in [7, 11) is 0. The highest BCUT2D eigenvalue weighted by Gasteiger charge is 2.12. The fraction of sp³-hybridized carbons (Fsp3) is 0.364. The Balaban J connectivity index is 2.65. The topological polar surface area (TPSA) is 46.3 Å². The number of aliphatic hydroxyl groups excluding tert-OH is 1. The summed E-state index contributed by atoms with van der Waals surface area (Å²) >= 11 is 0. The van der Waals surface area contributed by atoms with Crippen molar-refractivity contribution in [3.05, 3.63) is 29.4 Å². The zero-order chi connectivity index (χ0) is 11.0. The van der Waals surface area contributed by atoms with Crippen LogP contribution in [0.25, 0.3) is 11.1 Å². The van der Waals surface area contributed by atoms with Crippen LogP contribution in [0.5, 0.6) is 0 Å². The van der Waals surface area contributed by atoms with Gasteiger partial charge in [0.05, 0.1) is 0 Å². The van der Waals surface area contributed by atoms with Crippen molar-refractivity contribution in [1.82, 2.24) is 4.98 Å². The number of rotatable bonds is 2. The van der Waals surface area contributed by atoms with E-state index in [-0.39, 0.29) is 23.9 Å². The number of hydrogen-bond acceptors (Lipinski definition) is 3. The van der Waals surface area contributed by atoms with E-state index in [1.807, 2.05) is 13.8 Å². The molecular formula is C11H12FNO2. The molecule has 3 nitrogen and oxygen atoms in total. The van der Waals surface area contributed by atoms with Crippen molar-refractivity contribution in [1.29, 1.82) is 0 Å². The molecule has 1 N–H and O–H groups in total. The standard InChI is InChI=1S/C11H12FNO2/c1-6(2)7-3-8(12)11-9(4-7)15-10(5-14)13-11/h3-4,6,14H,5H2,1-2H3. The second-order valence-electron chi connectivity index (χ2n) is 3.77. The number of halogens is 1. The quantitative estimate of drug-likeness (QED) is 0.826. The van der Waals surface area contributed by atoms with Crippen molar-refractivity contribution >= 4 is 11.1 Å². The van der Waals surface area contributed by atoms with E-state index in [0.717, 1.165) is 5.56 Å². The van der Waals surface area contributed by atoms with E-state index < -0.39 is 5.82 Å². The largest absolute Gasteiger partial charge is 0.438 e. The summed E-state index contributed by atoms with van der Waals surface area (Å²) in [6, 6.07) is 3.21. The van der Waals surface area contributed by atoms with Gasteiger partial charge in [0.15, 0.2) is 11.4 Å².